The number of aromatic nitrogens is 4. The number of hydrogen-bond acceptors (Lipinski definition) is 5. The van der Waals surface area contributed by atoms with Crippen molar-refractivity contribution in [2.24, 2.45) is 0 Å². The summed E-state index contributed by atoms with van der Waals surface area (Å²) < 4.78 is 5.22. The number of benzene rings is 1. The van der Waals surface area contributed by atoms with E-state index in [0.717, 1.165) is 27.8 Å². The Morgan fingerprint density at radius 1 is 1.32 bits per heavy atom. The van der Waals surface area contributed by atoms with Gasteiger partial charge in [-0.2, -0.15) is 0 Å². The van der Waals surface area contributed by atoms with Gasteiger partial charge in [0.1, 0.15) is 11.4 Å². The number of rotatable bonds is 5. The van der Waals surface area contributed by atoms with Crippen LogP contribution in [0.4, 0.5) is 0 Å². The fraction of sp³-hybridized carbons (Fsp3) is 0.167. The van der Waals surface area contributed by atoms with Gasteiger partial charge in [-0.1, -0.05) is 11.8 Å². The molecule has 1 aromatic carbocycles. The summed E-state index contributed by atoms with van der Waals surface area (Å²) in [6.45, 7) is 1.88. The van der Waals surface area contributed by atoms with Crippen LogP contribution in [-0.4, -0.2) is 38.1 Å². The molecule has 0 spiro atoms. The van der Waals surface area contributed by atoms with Gasteiger partial charge in [0.05, 0.1) is 23.4 Å². The maximum absolute atomic E-state index is 12.8. The molecule has 7 heteroatoms. The van der Waals surface area contributed by atoms with E-state index in [2.05, 4.69) is 19.9 Å². The minimum absolute atomic E-state index is 0.0438. The van der Waals surface area contributed by atoms with Crippen molar-refractivity contribution >= 4 is 39.6 Å². The normalized spacial score (nSPS) is 12.6. The molecule has 0 fully saturated rings. The molecular weight excluding hydrogens is 336 g/mol. The lowest BCUT2D eigenvalue weighted by Crippen LogP contribution is -2.13. The Hall–Kier alpha value is -2.80. The lowest BCUT2D eigenvalue weighted by atomic mass is 10.1. The van der Waals surface area contributed by atoms with Gasteiger partial charge in [0.2, 0.25) is 0 Å². The number of imidazole rings is 1. The van der Waals surface area contributed by atoms with Crippen LogP contribution >= 0.6 is 11.8 Å². The highest BCUT2D eigenvalue weighted by atomic mass is 32.2. The Morgan fingerprint density at radius 3 is 3.04 bits per heavy atom. The average molecular weight is 352 g/mol. The first kappa shape index (κ1) is 15.7. The number of ketones is 1. The molecule has 0 amide bonds. The standard InChI is InChI=1S/C18H16N4O2S/c1-10(16(23)13-9-20-17-12(13)4-3-7-19-17)25-18-21-14-6-5-11(24-2)8-15(14)22-18/h3-10H,1-2H3,(H,19,20)(H,21,22). The zero-order chi connectivity index (χ0) is 17.4. The number of pyridine rings is 1. The maximum atomic E-state index is 12.8. The Bertz CT molecular complexity index is 1070. The average Bonchev–Trinajstić information content (AvgIpc) is 3.23. The monoisotopic (exact) mass is 352 g/mol. The molecule has 3 aromatic heterocycles. The smallest absolute Gasteiger partial charge is 0.178 e. The summed E-state index contributed by atoms with van der Waals surface area (Å²) in [5, 5.41) is 1.28. The number of fused-ring (bicyclic) bond motifs is 2. The van der Waals surface area contributed by atoms with Crippen LogP contribution in [0.25, 0.3) is 22.1 Å². The van der Waals surface area contributed by atoms with E-state index in [1.807, 2.05) is 37.3 Å². The number of Topliss-reactive ketones (excluding diaryl/α,β-unsaturated/α-hetero) is 1. The summed E-state index contributed by atoms with van der Waals surface area (Å²) in [7, 11) is 1.63. The highest BCUT2D eigenvalue weighted by Gasteiger charge is 2.21. The van der Waals surface area contributed by atoms with Crippen molar-refractivity contribution < 1.29 is 9.53 Å². The lowest BCUT2D eigenvalue weighted by molar-refractivity contribution is 0.0995. The van der Waals surface area contributed by atoms with Gasteiger partial charge < -0.3 is 14.7 Å². The first-order valence-corrected chi connectivity index (χ1v) is 8.70. The molecule has 1 unspecified atom stereocenters. The Kier molecular flexibility index (Phi) is 3.93. The number of aromatic amines is 2. The van der Waals surface area contributed by atoms with E-state index in [4.69, 9.17) is 4.74 Å². The van der Waals surface area contributed by atoms with Gasteiger partial charge in [-0.15, -0.1) is 0 Å². The molecular formula is C18H16N4O2S. The van der Waals surface area contributed by atoms with Gasteiger partial charge in [0, 0.05) is 29.4 Å². The number of methoxy groups -OCH3 is 1. The molecule has 0 bridgehead atoms. The van der Waals surface area contributed by atoms with Crippen molar-refractivity contribution in [1.29, 1.82) is 0 Å². The molecule has 0 aliphatic rings. The summed E-state index contributed by atoms with van der Waals surface area (Å²) in [4.78, 5) is 27.9. The van der Waals surface area contributed by atoms with Crippen LogP contribution in [0.5, 0.6) is 5.75 Å². The van der Waals surface area contributed by atoms with Crippen molar-refractivity contribution in [1.82, 2.24) is 19.9 Å². The molecule has 1 atom stereocenters. The second-order valence-corrected chi connectivity index (χ2v) is 6.98. The highest BCUT2D eigenvalue weighted by molar-refractivity contribution is 8.00. The van der Waals surface area contributed by atoms with Crippen molar-refractivity contribution in [2.45, 2.75) is 17.3 Å². The van der Waals surface area contributed by atoms with Crippen molar-refractivity contribution in [2.75, 3.05) is 7.11 Å². The van der Waals surface area contributed by atoms with Gasteiger partial charge in [0.25, 0.3) is 0 Å². The van der Waals surface area contributed by atoms with Crippen LogP contribution in [0.3, 0.4) is 0 Å². The van der Waals surface area contributed by atoms with Crippen LogP contribution in [0.15, 0.2) is 47.9 Å². The van der Waals surface area contributed by atoms with Gasteiger partial charge in [-0.25, -0.2) is 9.97 Å². The topological polar surface area (TPSA) is 83.7 Å². The zero-order valence-electron chi connectivity index (χ0n) is 13.7. The molecule has 0 radical (unpaired) electrons. The van der Waals surface area contributed by atoms with Gasteiger partial charge >= 0.3 is 0 Å². The van der Waals surface area contributed by atoms with Gasteiger partial charge in [-0.05, 0) is 31.2 Å². The van der Waals surface area contributed by atoms with E-state index in [0.29, 0.717) is 10.7 Å². The van der Waals surface area contributed by atoms with Crippen LogP contribution < -0.4 is 4.74 Å². The van der Waals surface area contributed by atoms with E-state index in [9.17, 15) is 4.79 Å². The van der Waals surface area contributed by atoms with Crippen LogP contribution in [-0.2, 0) is 0 Å². The minimum Gasteiger partial charge on any atom is -0.497 e. The molecule has 0 aliphatic carbocycles. The molecule has 4 aromatic rings. The van der Waals surface area contributed by atoms with Gasteiger partial charge in [0.15, 0.2) is 10.9 Å². The van der Waals surface area contributed by atoms with E-state index >= 15 is 0 Å². The Morgan fingerprint density at radius 2 is 2.20 bits per heavy atom. The number of H-pyrrole nitrogens is 2. The zero-order valence-corrected chi connectivity index (χ0v) is 14.6. The molecule has 0 aliphatic heterocycles. The van der Waals surface area contributed by atoms with E-state index in [-0.39, 0.29) is 11.0 Å². The number of nitrogens with zero attached hydrogens (tertiary/aromatic N) is 2. The summed E-state index contributed by atoms with van der Waals surface area (Å²) in [6, 6.07) is 9.39. The molecule has 3 heterocycles. The molecule has 2 N–H and O–H groups in total. The van der Waals surface area contributed by atoms with Crippen molar-refractivity contribution in [3.8, 4) is 5.75 Å². The SMILES string of the molecule is COc1ccc2nc(SC(C)C(=O)c3c[nH]c4ncccc34)[nH]c2c1. The largest absolute Gasteiger partial charge is 0.497 e. The first-order chi connectivity index (χ1) is 12.2. The number of carbonyl (C=O) groups excluding carboxylic acids is 1. The summed E-state index contributed by atoms with van der Waals surface area (Å²) in [6.07, 6.45) is 3.43. The predicted octanol–water partition coefficient (Wildman–Crippen LogP) is 3.81. The van der Waals surface area contributed by atoms with Crippen molar-refractivity contribution in [3.05, 3.63) is 48.3 Å². The number of nitrogens with one attached hydrogen (secondary N) is 2. The fourth-order valence-electron chi connectivity index (χ4n) is 2.75. The second-order valence-electron chi connectivity index (χ2n) is 5.65. The van der Waals surface area contributed by atoms with Crippen molar-refractivity contribution in [3.63, 3.8) is 0 Å². The van der Waals surface area contributed by atoms with E-state index in [1.165, 1.54) is 11.8 Å². The number of carbonyl (C=O) groups is 1. The third-order valence-electron chi connectivity index (χ3n) is 4.04. The number of ether oxygens (including phenoxy) is 1. The molecule has 0 saturated carbocycles. The summed E-state index contributed by atoms with van der Waals surface area (Å²) in [5.41, 5.74) is 3.11. The fourth-order valence-corrected chi connectivity index (χ4v) is 3.64. The highest BCUT2D eigenvalue weighted by Crippen LogP contribution is 2.28. The molecule has 25 heavy (non-hydrogen) atoms. The summed E-state index contributed by atoms with van der Waals surface area (Å²) >= 11 is 1.41. The molecule has 126 valence electrons. The Labute approximate surface area is 148 Å². The second kappa shape index (κ2) is 6.25. The minimum atomic E-state index is -0.276. The third kappa shape index (κ3) is 2.87. The van der Waals surface area contributed by atoms with E-state index in [1.54, 1.807) is 19.5 Å². The lowest BCUT2D eigenvalue weighted by Gasteiger charge is -2.07. The maximum Gasteiger partial charge on any atom is 0.178 e. The molecule has 0 saturated heterocycles. The van der Waals surface area contributed by atoms with Gasteiger partial charge in [-0.3, -0.25) is 4.79 Å². The third-order valence-corrected chi connectivity index (χ3v) is 5.03. The van der Waals surface area contributed by atoms with E-state index < -0.39 is 0 Å². The molecule has 6 nitrogen and oxygen atoms in total. The predicted molar refractivity (Wildman–Crippen MR) is 98.4 cm³/mol. The number of thioether (sulfide) groups is 1. The number of hydrogen-bond donors (Lipinski definition) is 2. The Balaban J connectivity index is 1.59. The van der Waals surface area contributed by atoms with Crippen LogP contribution in [0.1, 0.15) is 17.3 Å². The van der Waals surface area contributed by atoms with Crippen LogP contribution in [0.2, 0.25) is 0 Å². The summed E-state index contributed by atoms with van der Waals surface area (Å²) in [5.74, 6) is 0.811. The quantitative estimate of drug-likeness (QED) is 0.421. The molecule has 4 rings (SSSR count). The van der Waals surface area contributed by atoms with Crippen LogP contribution in [0, 0.1) is 0 Å². The first-order valence-electron chi connectivity index (χ1n) is 7.82.